The van der Waals surface area contributed by atoms with Crippen LogP contribution in [0.5, 0.6) is 0 Å². The van der Waals surface area contributed by atoms with E-state index < -0.39 is 11.7 Å². The highest BCUT2D eigenvalue weighted by Crippen LogP contribution is 2.35. The molecule has 1 heterocycles. The van der Waals surface area contributed by atoms with Crippen molar-refractivity contribution >= 4 is 5.69 Å². The first-order valence-corrected chi connectivity index (χ1v) is 6.76. The van der Waals surface area contributed by atoms with E-state index in [1.165, 1.54) is 12.1 Å². The molecule has 6 heteroatoms. The smallest absolute Gasteiger partial charge is 0.370 e. The molecule has 0 aliphatic carbocycles. The Morgan fingerprint density at radius 3 is 2.43 bits per heavy atom. The summed E-state index contributed by atoms with van der Waals surface area (Å²) in [5.41, 5.74) is -0.512. The van der Waals surface area contributed by atoms with Crippen LogP contribution in [0.2, 0.25) is 0 Å². The lowest BCUT2D eigenvalue weighted by Crippen LogP contribution is -2.34. The number of benzene rings is 1. The quantitative estimate of drug-likeness (QED) is 0.841. The average Bonchev–Trinajstić information content (AvgIpc) is 2.79. The summed E-state index contributed by atoms with van der Waals surface area (Å²) in [6, 6.07) is 5.81. The maximum absolute atomic E-state index is 12.8. The molecule has 0 aromatic heterocycles. The maximum Gasteiger partial charge on any atom is 0.417 e. The van der Waals surface area contributed by atoms with Gasteiger partial charge in [0.2, 0.25) is 0 Å². The summed E-state index contributed by atoms with van der Waals surface area (Å²) in [6.07, 6.45) is -4.49. The number of rotatable bonds is 2. The number of likely N-dealkylation sites (N-methyl/N-ethyl adjacent to an activating group) is 1. The molecule has 0 N–H and O–H groups in total. The fourth-order valence-electron chi connectivity index (χ4n) is 2.90. The largest absolute Gasteiger partial charge is 0.417 e. The summed E-state index contributed by atoms with van der Waals surface area (Å²) < 4.78 is 38.4. The van der Waals surface area contributed by atoms with E-state index in [0.29, 0.717) is 17.6 Å². The molecule has 114 valence electrons. The maximum atomic E-state index is 12.8. The van der Waals surface area contributed by atoms with Crippen LogP contribution in [0.25, 0.3) is 0 Å². The summed E-state index contributed by atoms with van der Waals surface area (Å²) in [4.78, 5) is 4.16. The van der Waals surface area contributed by atoms with E-state index in [9.17, 15) is 13.2 Å². The molecule has 2 atom stereocenters. The third-order valence-corrected chi connectivity index (χ3v) is 4.03. The summed E-state index contributed by atoms with van der Waals surface area (Å²) in [5, 5.41) is 8.96. The lowest BCUT2D eigenvalue weighted by Gasteiger charge is -2.23. The molecule has 2 rings (SSSR count). The van der Waals surface area contributed by atoms with Gasteiger partial charge in [0, 0.05) is 24.8 Å². The van der Waals surface area contributed by atoms with E-state index in [0.717, 1.165) is 19.2 Å². The third kappa shape index (κ3) is 3.13. The van der Waals surface area contributed by atoms with Gasteiger partial charge in [-0.15, -0.1) is 0 Å². The normalized spacial score (nSPS) is 22.7. The minimum atomic E-state index is -4.49. The van der Waals surface area contributed by atoms with Gasteiger partial charge in [0.1, 0.15) is 0 Å². The van der Waals surface area contributed by atoms with Gasteiger partial charge in [0.25, 0.3) is 0 Å². The second-order valence-electron chi connectivity index (χ2n) is 5.75. The van der Waals surface area contributed by atoms with Crippen molar-refractivity contribution in [2.24, 2.45) is 5.92 Å². The molecule has 1 aliphatic rings. The summed E-state index contributed by atoms with van der Waals surface area (Å²) in [6.45, 7) is 3.66. The second kappa shape index (κ2) is 5.57. The molecule has 21 heavy (non-hydrogen) atoms. The number of anilines is 1. The van der Waals surface area contributed by atoms with Gasteiger partial charge in [-0.3, -0.25) is 0 Å². The van der Waals surface area contributed by atoms with Crippen LogP contribution in [0.15, 0.2) is 18.2 Å². The van der Waals surface area contributed by atoms with Crippen molar-refractivity contribution in [3.05, 3.63) is 29.3 Å². The summed E-state index contributed by atoms with van der Waals surface area (Å²) in [7, 11) is 4.00. The minimum absolute atomic E-state index is 0.319. The Hall–Kier alpha value is -1.74. The molecule has 0 radical (unpaired) electrons. The Morgan fingerprint density at radius 2 is 1.95 bits per heavy atom. The van der Waals surface area contributed by atoms with Crippen molar-refractivity contribution in [2.45, 2.75) is 19.1 Å². The Balaban J connectivity index is 2.29. The van der Waals surface area contributed by atoms with E-state index in [-0.39, 0.29) is 5.56 Å². The minimum Gasteiger partial charge on any atom is -0.370 e. The molecule has 3 nitrogen and oxygen atoms in total. The molecule has 1 fully saturated rings. The third-order valence-electron chi connectivity index (χ3n) is 4.03. The topological polar surface area (TPSA) is 30.3 Å². The lowest BCUT2D eigenvalue weighted by atomic mass is 10.1. The molecule has 0 spiro atoms. The molecular weight excluding hydrogens is 279 g/mol. The molecule has 0 bridgehead atoms. The van der Waals surface area contributed by atoms with E-state index in [1.54, 1.807) is 6.07 Å². The molecule has 1 saturated heterocycles. The number of nitriles is 1. The fraction of sp³-hybridized carbons (Fsp3) is 0.533. The standard InChI is InChI=1S/C15H18F3N3/c1-10-8-21(9-14(10)20(2)3)12-4-5-13(15(16,17)18)11(6-12)7-19/h4-6,10,14H,8-9H2,1-3H3. The highest BCUT2D eigenvalue weighted by molar-refractivity contribution is 5.56. The van der Waals surface area contributed by atoms with Crippen molar-refractivity contribution < 1.29 is 13.2 Å². The first-order valence-electron chi connectivity index (χ1n) is 6.76. The van der Waals surface area contributed by atoms with Crippen LogP contribution in [0, 0.1) is 17.2 Å². The van der Waals surface area contributed by atoms with Gasteiger partial charge in [-0.1, -0.05) is 6.92 Å². The first kappa shape index (κ1) is 15.6. The van der Waals surface area contributed by atoms with Crippen LogP contribution in [-0.2, 0) is 6.18 Å². The van der Waals surface area contributed by atoms with Gasteiger partial charge in [-0.2, -0.15) is 18.4 Å². The molecule has 1 aliphatic heterocycles. The van der Waals surface area contributed by atoms with Crippen LogP contribution < -0.4 is 4.90 Å². The van der Waals surface area contributed by atoms with E-state index >= 15 is 0 Å². The molecular formula is C15H18F3N3. The van der Waals surface area contributed by atoms with Crippen LogP contribution >= 0.6 is 0 Å². The van der Waals surface area contributed by atoms with Crippen LogP contribution in [-0.4, -0.2) is 38.1 Å². The number of nitrogens with zero attached hydrogens (tertiary/aromatic N) is 3. The number of alkyl halides is 3. The van der Waals surface area contributed by atoms with E-state index in [1.807, 2.05) is 19.0 Å². The van der Waals surface area contributed by atoms with Gasteiger partial charge < -0.3 is 9.80 Å². The Kier molecular flexibility index (Phi) is 4.15. The van der Waals surface area contributed by atoms with Crippen molar-refractivity contribution in [3.63, 3.8) is 0 Å². The van der Waals surface area contributed by atoms with E-state index in [2.05, 4.69) is 11.8 Å². The van der Waals surface area contributed by atoms with Gasteiger partial charge in [-0.05, 0) is 38.2 Å². The van der Waals surface area contributed by atoms with Crippen LogP contribution in [0.4, 0.5) is 18.9 Å². The molecule has 1 aromatic rings. The van der Waals surface area contributed by atoms with E-state index in [4.69, 9.17) is 5.26 Å². The average molecular weight is 297 g/mol. The van der Waals surface area contributed by atoms with Crippen LogP contribution in [0.3, 0.4) is 0 Å². The van der Waals surface area contributed by atoms with Gasteiger partial charge in [-0.25, -0.2) is 0 Å². The summed E-state index contributed by atoms with van der Waals surface area (Å²) >= 11 is 0. The Bertz CT molecular complexity index is 560. The van der Waals surface area contributed by atoms with Crippen molar-refractivity contribution in [1.29, 1.82) is 5.26 Å². The molecule has 0 amide bonds. The number of halogens is 3. The molecule has 2 unspecified atom stereocenters. The molecule has 0 saturated carbocycles. The van der Waals surface area contributed by atoms with Gasteiger partial charge >= 0.3 is 6.18 Å². The second-order valence-corrected chi connectivity index (χ2v) is 5.75. The predicted molar refractivity (Wildman–Crippen MR) is 75.0 cm³/mol. The fourth-order valence-corrected chi connectivity index (χ4v) is 2.90. The van der Waals surface area contributed by atoms with Gasteiger partial charge in [0.15, 0.2) is 0 Å². The van der Waals surface area contributed by atoms with Crippen molar-refractivity contribution in [1.82, 2.24) is 4.90 Å². The van der Waals surface area contributed by atoms with Crippen molar-refractivity contribution in [2.75, 3.05) is 32.1 Å². The first-order chi connectivity index (χ1) is 9.74. The van der Waals surface area contributed by atoms with Gasteiger partial charge in [0.05, 0.1) is 17.2 Å². The molecule has 1 aromatic carbocycles. The Labute approximate surface area is 122 Å². The zero-order valence-corrected chi connectivity index (χ0v) is 12.3. The Morgan fingerprint density at radius 1 is 1.29 bits per heavy atom. The zero-order chi connectivity index (χ0) is 15.8. The SMILES string of the molecule is CC1CN(c2ccc(C(F)(F)F)c(C#N)c2)CC1N(C)C. The lowest BCUT2D eigenvalue weighted by molar-refractivity contribution is -0.137. The monoisotopic (exact) mass is 297 g/mol. The zero-order valence-electron chi connectivity index (χ0n) is 12.3. The van der Waals surface area contributed by atoms with Crippen LogP contribution in [0.1, 0.15) is 18.1 Å². The highest BCUT2D eigenvalue weighted by atomic mass is 19.4. The number of hydrogen-bond acceptors (Lipinski definition) is 3. The predicted octanol–water partition coefficient (Wildman–Crippen LogP) is 2.96. The van der Waals surface area contributed by atoms with Crippen molar-refractivity contribution in [3.8, 4) is 6.07 Å². The number of hydrogen-bond donors (Lipinski definition) is 0. The summed E-state index contributed by atoms with van der Waals surface area (Å²) in [5.74, 6) is 0.424. The highest BCUT2D eigenvalue weighted by Gasteiger charge is 2.35.